The minimum absolute atomic E-state index is 0.176. The molecule has 0 radical (unpaired) electrons. The zero-order chi connectivity index (χ0) is 22.6. The van der Waals surface area contributed by atoms with E-state index < -0.39 is 16.0 Å². The number of ether oxygens (including phenoxy) is 2. The fourth-order valence-corrected chi connectivity index (χ4v) is 3.99. The molecule has 0 aromatic heterocycles. The molecule has 158 valence electrons. The SMILES string of the molecule is COc1cc(C#N)ccc1OC(=O)c1ccc(N(C)S(=O)(=O)c2ccc(C)cc2)cc1. The van der Waals surface area contributed by atoms with Crippen LogP contribution in [0.25, 0.3) is 0 Å². The summed E-state index contributed by atoms with van der Waals surface area (Å²) in [6.07, 6.45) is 0. The zero-order valence-electron chi connectivity index (χ0n) is 17.2. The number of sulfonamides is 1. The quantitative estimate of drug-likeness (QED) is 0.429. The second-order valence-electron chi connectivity index (χ2n) is 6.70. The van der Waals surface area contributed by atoms with E-state index in [9.17, 15) is 13.2 Å². The van der Waals surface area contributed by atoms with Crippen LogP contribution in [-0.2, 0) is 10.0 Å². The lowest BCUT2D eigenvalue weighted by Crippen LogP contribution is -2.26. The van der Waals surface area contributed by atoms with Crippen molar-refractivity contribution in [1.82, 2.24) is 0 Å². The fourth-order valence-electron chi connectivity index (χ4n) is 2.79. The third-order valence-electron chi connectivity index (χ3n) is 4.64. The van der Waals surface area contributed by atoms with E-state index in [4.69, 9.17) is 14.7 Å². The third kappa shape index (κ3) is 4.68. The summed E-state index contributed by atoms with van der Waals surface area (Å²) in [6.45, 7) is 1.88. The third-order valence-corrected chi connectivity index (χ3v) is 6.44. The summed E-state index contributed by atoms with van der Waals surface area (Å²) < 4.78 is 37.3. The van der Waals surface area contributed by atoms with E-state index in [1.807, 2.05) is 13.0 Å². The molecule has 3 aromatic carbocycles. The standard InChI is InChI=1S/C23H20N2O5S/c1-16-4-11-20(12-5-16)31(27,28)25(2)19-9-7-18(8-10-19)23(26)30-21-13-6-17(15-24)14-22(21)29-3/h4-14H,1-3H3. The summed E-state index contributed by atoms with van der Waals surface area (Å²) in [5.41, 5.74) is 1.96. The molecule has 0 aliphatic carbocycles. The molecule has 7 nitrogen and oxygen atoms in total. The van der Waals surface area contributed by atoms with Crippen LogP contribution in [0.1, 0.15) is 21.5 Å². The van der Waals surface area contributed by atoms with Gasteiger partial charge in [-0.3, -0.25) is 4.31 Å². The number of anilines is 1. The normalized spacial score (nSPS) is 10.8. The van der Waals surface area contributed by atoms with Crippen LogP contribution in [0.4, 0.5) is 5.69 Å². The number of hydrogen-bond acceptors (Lipinski definition) is 6. The van der Waals surface area contributed by atoms with Crippen LogP contribution >= 0.6 is 0 Å². The van der Waals surface area contributed by atoms with Gasteiger partial charge < -0.3 is 9.47 Å². The first kappa shape index (κ1) is 21.9. The van der Waals surface area contributed by atoms with Crippen molar-refractivity contribution in [1.29, 1.82) is 5.26 Å². The van der Waals surface area contributed by atoms with Gasteiger partial charge in [0.25, 0.3) is 10.0 Å². The van der Waals surface area contributed by atoms with Crippen molar-refractivity contribution in [3.05, 3.63) is 83.4 Å². The maximum atomic E-state index is 12.8. The lowest BCUT2D eigenvalue weighted by molar-refractivity contribution is 0.0729. The highest BCUT2D eigenvalue weighted by Gasteiger charge is 2.21. The second kappa shape index (κ2) is 8.90. The largest absolute Gasteiger partial charge is 0.493 e. The average molecular weight is 436 g/mol. The fraction of sp³-hybridized carbons (Fsp3) is 0.130. The van der Waals surface area contributed by atoms with Crippen molar-refractivity contribution in [3.63, 3.8) is 0 Å². The zero-order valence-corrected chi connectivity index (χ0v) is 18.0. The molecule has 3 aromatic rings. The van der Waals surface area contributed by atoms with Crippen molar-refractivity contribution >= 4 is 21.7 Å². The van der Waals surface area contributed by atoms with E-state index >= 15 is 0 Å². The summed E-state index contributed by atoms with van der Waals surface area (Å²) >= 11 is 0. The van der Waals surface area contributed by atoms with Gasteiger partial charge in [0.2, 0.25) is 0 Å². The lowest BCUT2D eigenvalue weighted by Gasteiger charge is -2.20. The molecule has 0 saturated carbocycles. The molecule has 0 atom stereocenters. The van der Waals surface area contributed by atoms with E-state index in [1.54, 1.807) is 24.3 Å². The predicted octanol–water partition coefficient (Wildman–Crippen LogP) is 3.92. The van der Waals surface area contributed by atoms with Crippen LogP contribution in [0.2, 0.25) is 0 Å². The van der Waals surface area contributed by atoms with Gasteiger partial charge >= 0.3 is 5.97 Å². The van der Waals surface area contributed by atoms with Gasteiger partial charge in [-0.2, -0.15) is 5.26 Å². The number of methoxy groups -OCH3 is 1. The second-order valence-corrected chi connectivity index (χ2v) is 8.67. The minimum atomic E-state index is -3.73. The Morgan fingerprint density at radius 1 is 0.968 bits per heavy atom. The summed E-state index contributed by atoms with van der Waals surface area (Å²) in [7, 11) is -0.874. The van der Waals surface area contributed by atoms with Crippen LogP contribution in [0.3, 0.4) is 0 Å². The van der Waals surface area contributed by atoms with Gasteiger partial charge in [0.1, 0.15) is 0 Å². The number of esters is 1. The van der Waals surface area contributed by atoms with Crippen molar-refractivity contribution in [2.75, 3.05) is 18.5 Å². The molecule has 3 rings (SSSR count). The summed E-state index contributed by atoms with van der Waals surface area (Å²) in [5, 5.41) is 8.96. The molecule has 0 aliphatic rings. The van der Waals surface area contributed by atoms with Gasteiger partial charge in [-0.05, 0) is 55.5 Å². The molecular formula is C23H20N2O5S. The molecule has 0 spiro atoms. The topological polar surface area (TPSA) is 96.7 Å². The van der Waals surface area contributed by atoms with Crippen LogP contribution < -0.4 is 13.8 Å². The van der Waals surface area contributed by atoms with Gasteiger partial charge in [-0.15, -0.1) is 0 Å². The molecule has 0 saturated heterocycles. The molecular weight excluding hydrogens is 416 g/mol. The van der Waals surface area contributed by atoms with E-state index in [2.05, 4.69) is 0 Å². The molecule has 8 heteroatoms. The highest BCUT2D eigenvalue weighted by molar-refractivity contribution is 7.92. The van der Waals surface area contributed by atoms with Crippen molar-refractivity contribution < 1.29 is 22.7 Å². The van der Waals surface area contributed by atoms with E-state index in [0.717, 1.165) is 9.87 Å². The van der Waals surface area contributed by atoms with Gasteiger partial charge in [0.05, 0.1) is 34.9 Å². The number of benzene rings is 3. The van der Waals surface area contributed by atoms with Crippen molar-refractivity contribution in [2.24, 2.45) is 0 Å². The maximum Gasteiger partial charge on any atom is 0.343 e. The molecule has 0 aliphatic heterocycles. The highest BCUT2D eigenvalue weighted by atomic mass is 32.2. The number of hydrogen-bond donors (Lipinski definition) is 0. The number of carbonyl (C=O) groups excluding carboxylic acids is 1. The molecule has 0 bridgehead atoms. The number of nitriles is 1. The molecule has 0 unspecified atom stereocenters. The first-order chi connectivity index (χ1) is 14.8. The maximum absolute atomic E-state index is 12.8. The lowest BCUT2D eigenvalue weighted by atomic mass is 10.2. The first-order valence-corrected chi connectivity index (χ1v) is 10.7. The Bertz CT molecular complexity index is 1240. The Hall–Kier alpha value is -3.83. The molecule has 0 amide bonds. The Kier molecular flexibility index (Phi) is 6.28. The van der Waals surface area contributed by atoms with Crippen LogP contribution in [0.15, 0.2) is 71.6 Å². The van der Waals surface area contributed by atoms with Gasteiger partial charge in [-0.25, -0.2) is 13.2 Å². The van der Waals surface area contributed by atoms with Crippen molar-refractivity contribution in [2.45, 2.75) is 11.8 Å². The number of aryl methyl sites for hydroxylation is 1. The Morgan fingerprint density at radius 3 is 2.19 bits per heavy atom. The smallest absolute Gasteiger partial charge is 0.343 e. The molecule has 0 fully saturated rings. The monoisotopic (exact) mass is 436 g/mol. The van der Waals surface area contributed by atoms with E-state index in [1.165, 1.54) is 56.6 Å². The predicted molar refractivity (Wildman–Crippen MR) is 116 cm³/mol. The average Bonchev–Trinajstić information content (AvgIpc) is 2.79. The van der Waals surface area contributed by atoms with E-state index in [-0.39, 0.29) is 22.0 Å². The highest BCUT2D eigenvalue weighted by Crippen LogP contribution is 2.29. The number of nitrogens with zero attached hydrogens (tertiary/aromatic N) is 2. The first-order valence-electron chi connectivity index (χ1n) is 9.22. The Balaban J connectivity index is 1.79. The number of carbonyl (C=O) groups is 1. The van der Waals surface area contributed by atoms with Crippen LogP contribution in [-0.4, -0.2) is 28.5 Å². The summed E-state index contributed by atoms with van der Waals surface area (Å²) in [4.78, 5) is 12.7. The molecule has 0 N–H and O–H groups in total. The van der Waals surface area contributed by atoms with Gasteiger partial charge in [0.15, 0.2) is 11.5 Å². The van der Waals surface area contributed by atoms with Crippen molar-refractivity contribution in [3.8, 4) is 17.6 Å². The van der Waals surface area contributed by atoms with Gasteiger partial charge in [0, 0.05) is 13.1 Å². The summed E-state index contributed by atoms with van der Waals surface area (Å²) in [6, 6.07) is 19.0. The van der Waals surface area contributed by atoms with Crippen LogP contribution in [0.5, 0.6) is 11.5 Å². The summed E-state index contributed by atoms with van der Waals surface area (Å²) in [5.74, 6) is -0.207. The molecule has 31 heavy (non-hydrogen) atoms. The van der Waals surface area contributed by atoms with E-state index in [0.29, 0.717) is 11.3 Å². The van der Waals surface area contributed by atoms with Gasteiger partial charge in [-0.1, -0.05) is 17.7 Å². The number of rotatable bonds is 6. The Labute approximate surface area is 181 Å². The molecule has 0 heterocycles. The Morgan fingerprint density at radius 2 is 1.61 bits per heavy atom. The minimum Gasteiger partial charge on any atom is -0.493 e. The van der Waals surface area contributed by atoms with Crippen LogP contribution in [0, 0.1) is 18.3 Å².